The molecule has 498 valence electrons. The summed E-state index contributed by atoms with van der Waals surface area (Å²) in [6.07, 6.45) is 1.70. The van der Waals surface area contributed by atoms with Crippen molar-refractivity contribution in [3.63, 3.8) is 0 Å². The summed E-state index contributed by atoms with van der Waals surface area (Å²) in [6.45, 7) is 0. The lowest BCUT2D eigenvalue weighted by Gasteiger charge is -2.21. The van der Waals surface area contributed by atoms with Crippen molar-refractivity contribution < 1.29 is 0 Å². The van der Waals surface area contributed by atoms with Gasteiger partial charge in [-0.05, 0) is 144 Å². The second-order valence-electron chi connectivity index (χ2n) is 25.4. The number of fused-ring (bicyclic) bond motifs is 6. The van der Waals surface area contributed by atoms with Crippen LogP contribution in [0.5, 0.6) is 0 Å². The van der Waals surface area contributed by atoms with Crippen LogP contribution in [-0.2, 0) is 0 Å². The second kappa shape index (κ2) is 27.6. The quantitative estimate of drug-likeness (QED) is 0.116. The predicted molar refractivity (Wildman–Crippen MR) is 412 cm³/mol. The zero-order valence-electron chi connectivity index (χ0n) is 57.1. The maximum absolute atomic E-state index is 10.8. The minimum absolute atomic E-state index is 0.0803. The van der Waals surface area contributed by atoms with Crippen molar-refractivity contribution in [2.45, 2.75) is 0 Å². The van der Waals surface area contributed by atoms with Crippen molar-refractivity contribution in [3.8, 4) is 185 Å². The standard InChI is InChI=1S/C92H40N18/c93-41-53-27-65(45-97)86(66(28-53)46-98)60-16-22-80-75(35-60)76-36-61(87-67(47-99)29-54(42-94)30-68(87)48-100)17-23-81(76)109(80)84-39-59(79-13-7-8-26-105-79)14-20-73(84)74-21-15-64(92-107-90(57-9-3-1-4-10-57)106-91(108-92)58-11-5-2-6-12-58)40-85(74)110-82-24-18-62(88-69(49-101)31-55(43-95)32-70(88)50-102)37-77(82)78-38-63(19-25-83(78)110)89-71(51-103)33-56(44-96)34-72(89)52-104/h1-40H. The molecule has 0 radical (unpaired) electrons. The largest absolute Gasteiger partial charge is 0.309 e. The third-order valence-electron chi connectivity index (χ3n) is 19.4. The molecule has 18 nitrogen and oxygen atoms in total. The minimum atomic E-state index is 0.0803. The Bertz CT molecular complexity index is 6800. The Morgan fingerprint density at radius 3 is 0.782 bits per heavy atom. The topological polar surface area (TPSA) is 347 Å². The number of aromatic nitrogens is 6. The number of hydrogen-bond donors (Lipinski definition) is 0. The molecule has 16 aromatic rings. The zero-order chi connectivity index (χ0) is 75.8. The third kappa shape index (κ3) is 11.3. The molecule has 4 aromatic heterocycles. The monoisotopic (exact) mass is 1400 g/mol. The zero-order valence-corrected chi connectivity index (χ0v) is 57.1. The fourth-order valence-electron chi connectivity index (χ4n) is 14.6. The Hall–Kier alpha value is -17.7. The molecule has 4 heterocycles. The highest BCUT2D eigenvalue weighted by Crippen LogP contribution is 2.47. The summed E-state index contributed by atoms with van der Waals surface area (Å²) < 4.78 is 4.17. The fourth-order valence-corrected chi connectivity index (χ4v) is 14.6. The van der Waals surface area contributed by atoms with Crippen molar-refractivity contribution in [3.05, 3.63) is 310 Å². The smallest absolute Gasteiger partial charge is 0.164 e. The molecule has 0 N–H and O–H groups in total. The minimum Gasteiger partial charge on any atom is -0.309 e. The lowest BCUT2D eigenvalue weighted by atomic mass is 9.91. The van der Waals surface area contributed by atoms with Gasteiger partial charge in [-0.1, -0.05) is 115 Å². The van der Waals surface area contributed by atoms with Crippen LogP contribution in [-0.4, -0.2) is 29.1 Å². The van der Waals surface area contributed by atoms with Crippen molar-refractivity contribution in [1.82, 2.24) is 29.1 Å². The normalized spacial score (nSPS) is 10.6. The van der Waals surface area contributed by atoms with Gasteiger partial charge in [-0.25, -0.2) is 15.0 Å². The Morgan fingerprint density at radius 2 is 0.500 bits per heavy atom. The molecule has 18 heteroatoms. The highest BCUT2D eigenvalue weighted by atomic mass is 15.0. The van der Waals surface area contributed by atoms with E-state index in [2.05, 4.69) is 82.0 Å². The summed E-state index contributed by atoms with van der Waals surface area (Å²) in [5.41, 5.74) is 12.3. The highest BCUT2D eigenvalue weighted by molar-refractivity contribution is 6.15. The van der Waals surface area contributed by atoms with Crippen LogP contribution in [0.2, 0.25) is 0 Å². The van der Waals surface area contributed by atoms with Crippen LogP contribution in [0.3, 0.4) is 0 Å². The summed E-state index contributed by atoms with van der Waals surface area (Å²) in [6, 6.07) is 96.4. The number of hydrogen-bond acceptors (Lipinski definition) is 16. The van der Waals surface area contributed by atoms with Crippen molar-refractivity contribution >= 4 is 43.6 Å². The van der Waals surface area contributed by atoms with Gasteiger partial charge in [-0.2, -0.15) is 63.1 Å². The molecule has 0 atom stereocenters. The van der Waals surface area contributed by atoms with Crippen molar-refractivity contribution in [2.24, 2.45) is 0 Å². The van der Waals surface area contributed by atoms with Gasteiger partial charge < -0.3 is 9.13 Å². The highest BCUT2D eigenvalue weighted by Gasteiger charge is 2.28. The summed E-state index contributed by atoms with van der Waals surface area (Å²) in [5.74, 6) is 1.10. The first-order valence-electron chi connectivity index (χ1n) is 33.8. The Labute approximate surface area is 627 Å². The molecular formula is C92H40N18. The van der Waals surface area contributed by atoms with Gasteiger partial charge in [0.2, 0.25) is 0 Å². The predicted octanol–water partition coefficient (Wildman–Crippen LogP) is 18.9. The lowest BCUT2D eigenvalue weighted by Crippen LogP contribution is -2.04. The number of nitrogens with zero attached hydrogens (tertiary/aromatic N) is 18. The van der Waals surface area contributed by atoms with Crippen LogP contribution in [0, 0.1) is 136 Å². The van der Waals surface area contributed by atoms with E-state index >= 15 is 0 Å². The van der Waals surface area contributed by atoms with Gasteiger partial charge in [0.25, 0.3) is 0 Å². The number of benzene rings is 12. The first kappa shape index (κ1) is 66.8. The van der Waals surface area contributed by atoms with E-state index in [1.54, 1.807) is 18.3 Å². The van der Waals surface area contributed by atoms with Gasteiger partial charge >= 0.3 is 0 Å². The van der Waals surface area contributed by atoms with Crippen LogP contribution in [0.4, 0.5) is 0 Å². The van der Waals surface area contributed by atoms with Crippen LogP contribution >= 0.6 is 0 Å². The van der Waals surface area contributed by atoms with Gasteiger partial charge in [0.05, 0.1) is 179 Å². The molecule has 12 aromatic carbocycles. The van der Waals surface area contributed by atoms with Crippen molar-refractivity contribution in [1.29, 1.82) is 63.1 Å². The van der Waals surface area contributed by atoms with E-state index in [1.807, 2.05) is 176 Å². The molecule has 0 saturated heterocycles. The van der Waals surface area contributed by atoms with Gasteiger partial charge in [-0.3, -0.25) is 4.98 Å². The van der Waals surface area contributed by atoms with E-state index in [1.165, 1.54) is 48.5 Å². The molecule has 0 amide bonds. The first-order valence-corrected chi connectivity index (χ1v) is 33.8. The molecule has 16 rings (SSSR count). The first-order chi connectivity index (χ1) is 53.9. The fraction of sp³-hybridized carbons (Fsp3) is 0. The Morgan fingerprint density at radius 1 is 0.227 bits per heavy atom. The van der Waals surface area contributed by atoms with Gasteiger partial charge in [0.15, 0.2) is 17.5 Å². The van der Waals surface area contributed by atoms with Crippen LogP contribution in [0.25, 0.3) is 156 Å². The molecular weight excluding hydrogens is 1360 g/mol. The van der Waals surface area contributed by atoms with E-state index in [9.17, 15) is 63.1 Å². The lowest BCUT2D eigenvalue weighted by molar-refractivity contribution is 1.07. The van der Waals surface area contributed by atoms with Crippen LogP contribution < -0.4 is 0 Å². The third-order valence-corrected chi connectivity index (χ3v) is 19.4. The molecule has 0 aliphatic carbocycles. The molecule has 0 spiro atoms. The van der Waals surface area contributed by atoms with E-state index in [4.69, 9.17) is 19.9 Å². The molecule has 0 bridgehead atoms. The number of nitriles is 12. The summed E-state index contributed by atoms with van der Waals surface area (Å²) in [4.78, 5) is 20.4. The SMILES string of the molecule is N#Cc1cc(C#N)c(-c2ccc3c(c2)c2cc(-c4c(C#N)cc(C#N)cc4C#N)ccc2n3-c2cc(-c3ccccn3)ccc2-c2ccc(-c3nc(-c4ccccc4)nc(-c4ccccc4)n3)cc2-n2c3ccc(-c4c(C#N)cc(C#N)cc4C#N)cc3c3cc(-c4c(C#N)cc(C#N)cc4C#N)ccc32)c(C#N)c1. The van der Waals surface area contributed by atoms with Crippen molar-refractivity contribution in [2.75, 3.05) is 0 Å². The molecule has 0 fully saturated rings. The molecule has 0 unspecified atom stereocenters. The summed E-state index contributed by atoms with van der Waals surface area (Å²) in [5, 5.41) is 129. The summed E-state index contributed by atoms with van der Waals surface area (Å²) in [7, 11) is 0. The van der Waals surface area contributed by atoms with Crippen LogP contribution in [0.1, 0.15) is 66.8 Å². The van der Waals surface area contributed by atoms with Gasteiger partial charge in [0, 0.05) is 83.4 Å². The Kier molecular flexibility index (Phi) is 16.7. The van der Waals surface area contributed by atoms with E-state index in [0.717, 1.165) is 11.1 Å². The van der Waals surface area contributed by atoms with E-state index < -0.39 is 0 Å². The van der Waals surface area contributed by atoms with Gasteiger partial charge in [0.1, 0.15) is 0 Å². The molecule has 0 saturated carbocycles. The average Bonchev–Trinajstić information content (AvgIpc) is 1.56. The van der Waals surface area contributed by atoms with Crippen LogP contribution in [0.15, 0.2) is 243 Å². The number of pyridine rings is 1. The molecule has 0 aliphatic heterocycles. The van der Waals surface area contributed by atoms with E-state index in [-0.39, 0.29) is 89.0 Å². The Balaban J connectivity index is 1.05. The van der Waals surface area contributed by atoms with Gasteiger partial charge in [-0.15, -0.1) is 0 Å². The average molecular weight is 1400 g/mol. The maximum atomic E-state index is 10.8. The maximum Gasteiger partial charge on any atom is 0.164 e. The van der Waals surface area contributed by atoms with E-state index in [0.29, 0.717) is 123 Å². The second-order valence-corrected chi connectivity index (χ2v) is 25.4. The number of rotatable bonds is 11. The summed E-state index contributed by atoms with van der Waals surface area (Å²) >= 11 is 0. The molecule has 0 aliphatic rings. The molecule has 110 heavy (non-hydrogen) atoms.